The van der Waals surface area contributed by atoms with Crippen LogP contribution >= 0.6 is 0 Å². The van der Waals surface area contributed by atoms with Crippen LogP contribution in [0.1, 0.15) is 46.5 Å². The first-order valence-corrected chi connectivity index (χ1v) is 11.6. The van der Waals surface area contributed by atoms with E-state index in [1.165, 1.54) is 6.08 Å². The van der Waals surface area contributed by atoms with Gasteiger partial charge >= 0.3 is 0 Å². The summed E-state index contributed by atoms with van der Waals surface area (Å²) in [5.74, 6) is -0.153. The average Bonchev–Trinajstić information content (AvgIpc) is 2.78. The lowest BCUT2D eigenvalue weighted by molar-refractivity contribution is -0.117. The SMILES string of the molecule is CCC/C=C/C=C/C[C@@H]1C/C=C/C=C(C)/C=C/C=C/[C@@H](O)[C@@H](O)/C=C(C)/C=C/C=C/C(=O)N1. The van der Waals surface area contributed by atoms with Crippen molar-refractivity contribution in [1.29, 1.82) is 0 Å². The Morgan fingerprint density at radius 1 is 0.939 bits per heavy atom. The number of carbonyl (C=O) groups excluding carboxylic acids is 1. The van der Waals surface area contributed by atoms with Gasteiger partial charge in [0.05, 0.1) is 0 Å². The van der Waals surface area contributed by atoms with Crippen molar-refractivity contribution in [3.8, 4) is 0 Å². The van der Waals surface area contributed by atoms with Gasteiger partial charge in [-0.1, -0.05) is 116 Å². The molecule has 0 bridgehead atoms. The molecule has 4 heteroatoms. The first-order valence-electron chi connectivity index (χ1n) is 11.6. The molecule has 3 N–H and O–H groups in total. The number of unbranched alkanes of at least 4 members (excludes halogenated alkanes) is 1. The van der Waals surface area contributed by atoms with Crippen LogP contribution in [0.5, 0.6) is 0 Å². The van der Waals surface area contributed by atoms with Crippen molar-refractivity contribution in [3.63, 3.8) is 0 Å². The van der Waals surface area contributed by atoms with Crippen molar-refractivity contribution in [1.82, 2.24) is 5.32 Å². The molecule has 4 nitrogen and oxygen atoms in total. The molecular formula is C29H39NO3. The molecule has 0 aliphatic carbocycles. The third-order valence-corrected chi connectivity index (χ3v) is 4.80. The van der Waals surface area contributed by atoms with Crippen molar-refractivity contribution >= 4 is 5.91 Å². The summed E-state index contributed by atoms with van der Waals surface area (Å²) in [5.41, 5.74) is 1.83. The maximum absolute atomic E-state index is 12.4. The Hall–Kier alpha value is -2.95. The number of allylic oxidation sites excluding steroid dienone is 13. The van der Waals surface area contributed by atoms with Gasteiger partial charge in [-0.2, -0.15) is 0 Å². The van der Waals surface area contributed by atoms with E-state index in [1.807, 2.05) is 44.2 Å². The molecule has 0 aromatic heterocycles. The Labute approximate surface area is 199 Å². The van der Waals surface area contributed by atoms with E-state index in [9.17, 15) is 15.0 Å². The number of aliphatic hydroxyl groups is 2. The van der Waals surface area contributed by atoms with Gasteiger partial charge in [0.1, 0.15) is 12.2 Å². The number of hydrogen-bond donors (Lipinski definition) is 3. The normalized spacial score (nSPS) is 31.7. The molecule has 0 saturated heterocycles. The number of rotatable bonds is 5. The molecule has 3 atom stereocenters. The third-order valence-electron chi connectivity index (χ3n) is 4.80. The van der Waals surface area contributed by atoms with E-state index in [-0.39, 0.29) is 11.9 Å². The summed E-state index contributed by atoms with van der Waals surface area (Å²) in [6, 6.07) is -0.00533. The lowest BCUT2D eigenvalue weighted by Crippen LogP contribution is -2.32. The fourth-order valence-corrected chi connectivity index (χ4v) is 2.92. The van der Waals surface area contributed by atoms with Crippen LogP contribution in [-0.4, -0.2) is 34.4 Å². The van der Waals surface area contributed by atoms with E-state index in [0.29, 0.717) is 0 Å². The number of carbonyl (C=O) groups is 1. The number of aliphatic hydroxyl groups excluding tert-OH is 2. The highest BCUT2D eigenvalue weighted by atomic mass is 16.3. The molecule has 0 spiro atoms. The second kappa shape index (κ2) is 17.6. The quantitative estimate of drug-likeness (QED) is 0.480. The second-order valence-corrected chi connectivity index (χ2v) is 8.01. The standard InChI is InChI=1S/C29H39NO3/c1-4-5-6-7-8-9-19-26-20-13-10-16-24(2)17-11-14-21-27(31)28(32)23-25(3)18-12-15-22-29(33)30-26/h6-18,21-23,26-28,31-32H,4-5,19-20H2,1-3H3,(H,30,33)/b7-6+,9-8+,13-10+,17-11+,18-12+,21-14+,22-15+,24-16+,25-23+/t26-,27-,28+/m1/s1. The maximum Gasteiger partial charge on any atom is 0.244 e. The number of amides is 1. The predicted octanol–water partition coefficient (Wildman–Crippen LogP) is 5.57. The van der Waals surface area contributed by atoms with Crippen LogP contribution in [0.25, 0.3) is 0 Å². The summed E-state index contributed by atoms with van der Waals surface area (Å²) in [6.07, 6.45) is 31.3. The highest BCUT2D eigenvalue weighted by Crippen LogP contribution is 2.06. The minimum atomic E-state index is -1.01. The Bertz CT molecular complexity index is 850. The molecule has 0 saturated carbocycles. The van der Waals surface area contributed by atoms with Gasteiger partial charge in [-0.15, -0.1) is 0 Å². The van der Waals surface area contributed by atoms with Crippen molar-refractivity contribution in [2.45, 2.75) is 64.7 Å². The zero-order valence-electron chi connectivity index (χ0n) is 20.1. The predicted molar refractivity (Wildman–Crippen MR) is 140 cm³/mol. The van der Waals surface area contributed by atoms with Crippen molar-refractivity contribution in [2.24, 2.45) is 0 Å². The number of nitrogens with one attached hydrogen (secondary N) is 1. The molecule has 0 fully saturated rings. The van der Waals surface area contributed by atoms with Gasteiger partial charge in [-0.25, -0.2) is 0 Å². The molecule has 1 amide bonds. The lowest BCUT2D eigenvalue weighted by Gasteiger charge is -2.14. The maximum atomic E-state index is 12.4. The first-order chi connectivity index (χ1) is 15.9. The second-order valence-electron chi connectivity index (χ2n) is 8.01. The summed E-state index contributed by atoms with van der Waals surface area (Å²) in [4.78, 5) is 12.4. The lowest BCUT2D eigenvalue weighted by atomic mass is 10.1. The van der Waals surface area contributed by atoms with Crippen LogP contribution in [0.2, 0.25) is 0 Å². The van der Waals surface area contributed by atoms with Crippen LogP contribution in [-0.2, 0) is 4.79 Å². The first kappa shape index (κ1) is 28.1. The van der Waals surface area contributed by atoms with Crippen molar-refractivity contribution in [3.05, 3.63) is 108 Å². The Morgan fingerprint density at radius 2 is 1.64 bits per heavy atom. The van der Waals surface area contributed by atoms with E-state index in [1.54, 1.807) is 36.5 Å². The molecule has 0 aromatic rings. The molecule has 33 heavy (non-hydrogen) atoms. The molecule has 0 radical (unpaired) electrons. The molecule has 1 rings (SSSR count). The molecule has 1 heterocycles. The summed E-state index contributed by atoms with van der Waals surface area (Å²) in [7, 11) is 0. The molecule has 0 unspecified atom stereocenters. The van der Waals surface area contributed by atoms with E-state index in [2.05, 4.69) is 36.5 Å². The zero-order chi connectivity index (χ0) is 24.3. The highest BCUT2D eigenvalue weighted by molar-refractivity contribution is 5.88. The molecular weight excluding hydrogens is 410 g/mol. The molecule has 0 aromatic carbocycles. The Kier molecular flexibility index (Phi) is 15.0. The highest BCUT2D eigenvalue weighted by Gasteiger charge is 2.09. The van der Waals surface area contributed by atoms with Gasteiger partial charge in [-0.05, 0) is 33.1 Å². The van der Waals surface area contributed by atoms with Gasteiger partial charge in [0.15, 0.2) is 0 Å². The zero-order valence-corrected chi connectivity index (χ0v) is 20.1. The number of hydrogen-bond acceptors (Lipinski definition) is 3. The van der Waals surface area contributed by atoms with Crippen molar-refractivity contribution in [2.75, 3.05) is 0 Å². The fraction of sp³-hybridized carbons (Fsp3) is 0.345. The minimum absolute atomic E-state index is 0.00533. The summed E-state index contributed by atoms with van der Waals surface area (Å²) < 4.78 is 0. The monoisotopic (exact) mass is 449 g/mol. The Morgan fingerprint density at radius 3 is 2.42 bits per heavy atom. The van der Waals surface area contributed by atoms with Crippen LogP contribution in [0, 0.1) is 0 Å². The molecule has 178 valence electrons. The molecule has 1 aliphatic rings. The van der Waals surface area contributed by atoms with Gasteiger partial charge in [-0.3, -0.25) is 4.79 Å². The average molecular weight is 450 g/mol. The minimum Gasteiger partial charge on any atom is -0.386 e. The summed E-state index contributed by atoms with van der Waals surface area (Å²) in [5, 5.41) is 23.2. The van der Waals surface area contributed by atoms with Crippen LogP contribution < -0.4 is 5.32 Å². The van der Waals surface area contributed by atoms with Crippen molar-refractivity contribution < 1.29 is 15.0 Å². The van der Waals surface area contributed by atoms with Gasteiger partial charge in [0, 0.05) is 12.1 Å². The molecule has 1 aliphatic heterocycles. The third kappa shape index (κ3) is 14.7. The van der Waals surface area contributed by atoms with E-state index in [0.717, 1.165) is 36.8 Å². The van der Waals surface area contributed by atoms with Crippen LogP contribution in [0.4, 0.5) is 0 Å². The van der Waals surface area contributed by atoms with Gasteiger partial charge in [0.25, 0.3) is 0 Å². The topological polar surface area (TPSA) is 69.6 Å². The van der Waals surface area contributed by atoms with E-state index in [4.69, 9.17) is 0 Å². The largest absolute Gasteiger partial charge is 0.386 e. The van der Waals surface area contributed by atoms with Gasteiger partial charge < -0.3 is 15.5 Å². The van der Waals surface area contributed by atoms with E-state index >= 15 is 0 Å². The van der Waals surface area contributed by atoms with Gasteiger partial charge in [0.2, 0.25) is 5.91 Å². The summed E-state index contributed by atoms with van der Waals surface area (Å²) >= 11 is 0. The van der Waals surface area contributed by atoms with Crippen LogP contribution in [0.3, 0.4) is 0 Å². The van der Waals surface area contributed by atoms with Crippen LogP contribution in [0.15, 0.2) is 108 Å². The summed E-state index contributed by atoms with van der Waals surface area (Å²) in [6.45, 7) is 5.96. The smallest absolute Gasteiger partial charge is 0.244 e. The fourth-order valence-electron chi connectivity index (χ4n) is 2.92. The Balaban J connectivity index is 2.99. The van der Waals surface area contributed by atoms with E-state index < -0.39 is 12.2 Å².